The molecule has 1 heterocycles. The first-order valence-electron chi connectivity index (χ1n) is 11.4. The van der Waals surface area contributed by atoms with Gasteiger partial charge in [0.1, 0.15) is 4.87 Å². The average Bonchev–Trinajstić information content (AvgIpc) is 3.68. The molecule has 2 aliphatic carbocycles. The minimum Gasteiger partial charge on any atom is -0.385 e. The Morgan fingerprint density at radius 1 is 1.40 bits per heavy atom. The van der Waals surface area contributed by atoms with Crippen molar-refractivity contribution in [2.75, 3.05) is 37.8 Å². The first-order valence-corrected chi connectivity index (χ1v) is 14.1. The summed E-state index contributed by atoms with van der Waals surface area (Å²) in [6, 6.07) is 9.88. The van der Waals surface area contributed by atoms with Gasteiger partial charge in [0.15, 0.2) is 0 Å². The molecule has 0 bridgehead atoms. The number of nitrogens with one attached hydrogen (secondary N) is 2. The molecule has 3 fully saturated rings. The number of anilines is 1. The van der Waals surface area contributed by atoms with Gasteiger partial charge < -0.3 is 15.5 Å². The first-order chi connectivity index (χ1) is 16.7. The van der Waals surface area contributed by atoms with E-state index in [1.807, 2.05) is 31.2 Å². The highest BCUT2D eigenvalue weighted by Crippen LogP contribution is 2.71. The summed E-state index contributed by atoms with van der Waals surface area (Å²) in [5, 5.41) is 15.8. The quantitative estimate of drug-likeness (QED) is 0.349. The van der Waals surface area contributed by atoms with Crippen LogP contribution in [0.5, 0.6) is 0 Å². The Morgan fingerprint density at radius 2 is 2.17 bits per heavy atom. The van der Waals surface area contributed by atoms with Crippen LogP contribution in [-0.2, 0) is 30.3 Å². The van der Waals surface area contributed by atoms with Gasteiger partial charge in [-0.25, -0.2) is 0 Å². The lowest BCUT2D eigenvalue weighted by Crippen LogP contribution is -2.48. The smallest absolute Gasteiger partial charge is 0.264 e. The van der Waals surface area contributed by atoms with Crippen molar-refractivity contribution >= 4 is 39.4 Å². The summed E-state index contributed by atoms with van der Waals surface area (Å²) >= 11 is 1.58. The third-order valence-corrected chi connectivity index (χ3v) is 9.38. The van der Waals surface area contributed by atoms with E-state index in [1.165, 1.54) is 0 Å². The van der Waals surface area contributed by atoms with Crippen molar-refractivity contribution in [3.63, 3.8) is 0 Å². The summed E-state index contributed by atoms with van der Waals surface area (Å²) < 4.78 is 27.1. The lowest BCUT2D eigenvalue weighted by Gasteiger charge is -2.35. The molecule has 1 spiro atoms. The maximum atomic E-state index is 13.3. The van der Waals surface area contributed by atoms with Gasteiger partial charge in [0.2, 0.25) is 11.8 Å². The summed E-state index contributed by atoms with van der Waals surface area (Å²) in [5.41, 5.74) is 1.81. The molecule has 1 aromatic carbocycles. The Bertz CT molecular complexity index is 1210. The number of thioether (sulfide) groups is 1. The van der Waals surface area contributed by atoms with Crippen LogP contribution in [-0.4, -0.2) is 67.7 Å². The molecule has 4 rings (SSSR count). The zero-order valence-corrected chi connectivity index (χ0v) is 21.2. The van der Waals surface area contributed by atoms with E-state index in [0.717, 1.165) is 17.5 Å². The van der Waals surface area contributed by atoms with Crippen molar-refractivity contribution in [2.45, 2.75) is 23.5 Å². The van der Waals surface area contributed by atoms with Crippen LogP contribution in [0.4, 0.5) is 5.69 Å². The lowest BCUT2D eigenvalue weighted by molar-refractivity contribution is -0.135. The Labute approximate surface area is 210 Å². The molecule has 35 heavy (non-hydrogen) atoms. The molecule has 3 aliphatic rings. The molecule has 1 aromatic rings. The molecule has 6 atom stereocenters. The summed E-state index contributed by atoms with van der Waals surface area (Å²) in [7, 11) is -3.47. The molecule has 0 radical (unpaired) electrons. The van der Waals surface area contributed by atoms with Crippen LogP contribution >= 0.6 is 11.8 Å². The monoisotopic (exact) mass is 516 g/mol. The number of hydrogen-bond donors (Lipinski definition) is 2. The van der Waals surface area contributed by atoms with Gasteiger partial charge >= 0.3 is 0 Å². The number of terminal acetylenes is 1. The highest BCUT2D eigenvalue weighted by molar-refractivity contribution is 8.02. The van der Waals surface area contributed by atoms with Gasteiger partial charge in [-0.1, -0.05) is 18.1 Å². The predicted molar refractivity (Wildman–Crippen MR) is 132 cm³/mol. The van der Waals surface area contributed by atoms with E-state index in [2.05, 4.69) is 22.6 Å². The number of rotatable bonds is 10. The lowest BCUT2D eigenvalue weighted by atomic mass is 10.1. The van der Waals surface area contributed by atoms with Gasteiger partial charge in [-0.05, 0) is 31.0 Å². The number of nitriles is 1. The topological polar surface area (TPSA) is 129 Å². The third-order valence-electron chi connectivity index (χ3n) is 6.77. The van der Waals surface area contributed by atoms with Crippen LogP contribution in [0.1, 0.15) is 12.5 Å². The zero-order chi connectivity index (χ0) is 25.4. The predicted octanol–water partition coefficient (Wildman–Crippen LogP) is 1.04. The van der Waals surface area contributed by atoms with Crippen molar-refractivity contribution in [1.29, 1.82) is 5.26 Å². The SMILES string of the molecule is C#CCNC(=O)C1C(C#N)C12SC1C(CNc3cccc(CCOS(C)(=O)=O)c3)C1C(=O)N2CC. The fraction of sp³-hybridized carbons (Fsp3) is 0.542. The Kier molecular flexibility index (Phi) is 7.05. The second-order valence-electron chi connectivity index (χ2n) is 8.97. The minimum absolute atomic E-state index is 0.00206. The van der Waals surface area contributed by atoms with Gasteiger partial charge in [-0.3, -0.25) is 13.8 Å². The summed E-state index contributed by atoms with van der Waals surface area (Å²) in [5.74, 6) is 0.899. The average molecular weight is 517 g/mol. The van der Waals surface area contributed by atoms with E-state index in [1.54, 1.807) is 16.7 Å². The summed E-state index contributed by atoms with van der Waals surface area (Å²) in [6.07, 6.45) is 6.73. The molecule has 0 aromatic heterocycles. The van der Waals surface area contributed by atoms with E-state index >= 15 is 0 Å². The molecule has 6 unspecified atom stereocenters. The van der Waals surface area contributed by atoms with E-state index in [0.29, 0.717) is 19.5 Å². The molecule has 2 amide bonds. The number of carbonyl (C=O) groups is 2. The highest BCUT2D eigenvalue weighted by atomic mass is 32.2. The van der Waals surface area contributed by atoms with Gasteiger partial charge in [0, 0.05) is 29.9 Å². The molecule has 186 valence electrons. The normalized spacial score (nSPS) is 30.7. The zero-order valence-electron chi connectivity index (χ0n) is 19.6. The fourth-order valence-electron chi connectivity index (χ4n) is 5.08. The van der Waals surface area contributed by atoms with Gasteiger partial charge in [0.25, 0.3) is 10.1 Å². The number of nitrogens with zero attached hydrogens (tertiary/aromatic N) is 2. The molecule has 1 saturated heterocycles. The molecular weight excluding hydrogens is 488 g/mol. The van der Waals surface area contributed by atoms with Crippen molar-refractivity contribution in [2.24, 2.45) is 23.7 Å². The number of carbonyl (C=O) groups excluding carboxylic acids is 2. The number of hydrogen-bond acceptors (Lipinski definition) is 8. The van der Waals surface area contributed by atoms with Crippen molar-refractivity contribution in [3.05, 3.63) is 29.8 Å². The van der Waals surface area contributed by atoms with E-state index in [4.69, 9.17) is 10.6 Å². The molecule has 1 aliphatic heterocycles. The van der Waals surface area contributed by atoms with E-state index in [-0.39, 0.29) is 42.1 Å². The minimum atomic E-state index is -3.47. The Morgan fingerprint density at radius 3 is 2.83 bits per heavy atom. The maximum Gasteiger partial charge on any atom is 0.264 e. The van der Waals surface area contributed by atoms with Gasteiger partial charge in [0.05, 0.1) is 43.2 Å². The summed E-state index contributed by atoms with van der Waals surface area (Å²) in [4.78, 5) is 26.9. The molecule has 2 saturated carbocycles. The molecule has 11 heteroatoms. The second kappa shape index (κ2) is 9.73. The molecular formula is C24H28N4O5S2. The number of amides is 2. The van der Waals surface area contributed by atoms with Crippen LogP contribution in [0.25, 0.3) is 0 Å². The van der Waals surface area contributed by atoms with Crippen LogP contribution in [0.15, 0.2) is 24.3 Å². The van der Waals surface area contributed by atoms with Gasteiger partial charge in [-0.15, -0.1) is 18.2 Å². The van der Waals surface area contributed by atoms with Crippen LogP contribution in [0, 0.1) is 47.3 Å². The highest BCUT2D eigenvalue weighted by Gasteiger charge is 2.80. The van der Waals surface area contributed by atoms with E-state index in [9.17, 15) is 23.3 Å². The van der Waals surface area contributed by atoms with Gasteiger partial charge in [-0.2, -0.15) is 13.7 Å². The van der Waals surface area contributed by atoms with Crippen molar-refractivity contribution in [1.82, 2.24) is 10.2 Å². The number of benzene rings is 1. The molecule has 9 nitrogen and oxygen atoms in total. The van der Waals surface area contributed by atoms with Crippen LogP contribution in [0.3, 0.4) is 0 Å². The van der Waals surface area contributed by atoms with Crippen molar-refractivity contribution < 1.29 is 22.2 Å². The maximum absolute atomic E-state index is 13.3. The van der Waals surface area contributed by atoms with E-state index < -0.39 is 26.8 Å². The van der Waals surface area contributed by atoms with Crippen LogP contribution < -0.4 is 10.6 Å². The largest absolute Gasteiger partial charge is 0.385 e. The van der Waals surface area contributed by atoms with Crippen molar-refractivity contribution in [3.8, 4) is 18.4 Å². The number of fused-ring (bicyclic) bond motifs is 1. The van der Waals surface area contributed by atoms with Crippen LogP contribution in [0.2, 0.25) is 0 Å². The fourth-order valence-corrected chi connectivity index (χ4v) is 7.72. The summed E-state index contributed by atoms with van der Waals surface area (Å²) in [6.45, 7) is 3.05. The Balaban J connectivity index is 1.40. The first kappa shape index (κ1) is 25.4. The Hall–Kier alpha value is -2.73. The second-order valence-corrected chi connectivity index (χ2v) is 12.0. The third kappa shape index (κ3) is 4.86. The standard InChI is InChI=1S/C24H28N4O5S2/c1-4-10-26-22(29)20-18(13-25)24(20)28(5-2)23(30)19-17(21(19)34-24)14-27-16-8-6-7-15(12-16)9-11-33-35(3,31)32/h1,6-8,12,17-21,27H,5,9-11,14H2,2-3H3,(H,26,29). The molecule has 2 N–H and O–H groups in total.